The summed E-state index contributed by atoms with van der Waals surface area (Å²) in [6.07, 6.45) is 1.97. The summed E-state index contributed by atoms with van der Waals surface area (Å²) >= 11 is 5.31. The highest BCUT2D eigenvalue weighted by atomic mass is 79.9. The molecule has 2 aromatic carbocycles. The van der Waals surface area contributed by atoms with Crippen molar-refractivity contribution >= 4 is 27.7 Å². The van der Waals surface area contributed by atoms with Gasteiger partial charge in [-0.15, -0.1) is 0 Å². The van der Waals surface area contributed by atoms with E-state index >= 15 is 0 Å². The molecule has 0 fully saturated rings. The number of benzene rings is 2. The molecule has 0 atom stereocenters. The molecule has 0 aliphatic heterocycles. The highest BCUT2D eigenvalue weighted by Gasteiger charge is 2.14. The van der Waals surface area contributed by atoms with Crippen LogP contribution in [0.4, 0.5) is 0 Å². The summed E-state index contributed by atoms with van der Waals surface area (Å²) in [6, 6.07) is 18.8. The Hall–Kier alpha value is -1.52. The van der Waals surface area contributed by atoms with Crippen LogP contribution >= 0.6 is 27.7 Å². The van der Waals surface area contributed by atoms with Crippen LogP contribution in [-0.4, -0.2) is 15.3 Å². The molecule has 0 aliphatic rings. The fourth-order valence-corrected chi connectivity index (χ4v) is 3.54. The fraction of sp³-hybridized carbons (Fsp3) is 0.211. The molecule has 3 aromatic rings. The van der Waals surface area contributed by atoms with Gasteiger partial charge < -0.3 is 0 Å². The number of para-hydroxylation sites is 1. The van der Waals surface area contributed by atoms with Crippen molar-refractivity contribution in [2.45, 2.75) is 19.0 Å². The molecule has 0 saturated heterocycles. The van der Waals surface area contributed by atoms with Crippen molar-refractivity contribution in [2.75, 3.05) is 5.75 Å². The first-order valence-corrected chi connectivity index (χ1v) is 9.45. The Bertz CT molecular complexity index is 764. The number of thioether (sulfide) groups is 1. The average molecular weight is 387 g/mol. The Morgan fingerprint density at radius 3 is 2.39 bits per heavy atom. The third kappa shape index (κ3) is 3.88. The van der Waals surface area contributed by atoms with Gasteiger partial charge in [0.2, 0.25) is 0 Å². The molecule has 0 saturated carbocycles. The topological polar surface area (TPSA) is 17.8 Å². The number of nitrogens with zero attached hydrogens (tertiary/aromatic N) is 2. The van der Waals surface area contributed by atoms with Gasteiger partial charge >= 0.3 is 0 Å². The first-order chi connectivity index (χ1) is 11.1. The number of imidazole rings is 1. The molecule has 0 unspecified atom stereocenters. The van der Waals surface area contributed by atoms with Crippen LogP contribution in [0.1, 0.15) is 13.8 Å². The van der Waals surface area contributed by atoms with Crippen molar-refractivity contribution in [1.29, 1.82) is 0 Å². The van der Waals surface area contributed by atoms with Crippen LogP contribution in [-0.2, 0) is 0 Å². The summed E-state index contributed by atoms with van der Waals surface area (Å²) in [5.74, 6) is 1.70. The molecule has 0 radical (unpaired) electrons. The number of halogens is 1. The van der Waals surface area contributed by atoms with Crippen LogP contribution in [0, 0.1) is 5.92 Å². The molecular weight excluding hydrogens is 368 g/mol. The summed E-state index contributed by atoms with van der Waals surface area (Å²) in [7, 11) is 0. The van der Waals surface area contributed by atoms with Crippen molar-refractivity contribution in [3.05, 3.63) is 65.3 Å². The van der Waals surface area contributed by atoms with E-state index in [1.54, 1.807) is 0 Å². The molecular formula is C19H19BrN2S. The predicted molar refractivity (Wildman–Crippen MR) is 102 cm³/mol. The Kier molecular flexibility index (Phi) is 5.23. The van der Waals surface area contributed by atoms with E-state index in [4.69, 9.17) is 0 Å². The second-order valence-corrected chi connectivity index (χ2v) is 7.71. The molecule has 23 heavy (non-hydrogen) atoms. The second-order valence-electron chi connectivity index (χ2n) is 5.81. The number of hydrogen-bond acceptors (Lipinski definition) is 2. The number of hydrogen-bond donors (Lipinski definition) is 0. The minimum atomic E-state index is 0.636. The van der Waals surface area contributed by atoms with Gasteiger partial charge in [0, 0.05) is 21.5 Å². The van der Waals surface area contributed by atoms with E-state index in [0.717, 1.165) is 26.8 Å². The zero-order valence-electron chi connectivity index (χ0n) is 13.2. The van der Waals surface area contributed by atoms with E-state index in [0.29, 0.717) is 5.92 Å². The molecule has 0 bridgehead atoms. The minimum absolute atomic E-state index is 0.636. The van der Waals surface area contributed by atoms with Crippen molar-refractivity contribution < 1.29 is 0 Å². The lowest BCUT2D eigenvalue weighted by molar-refractivity contribution is 0.746. The lowest BCUT2D eigenvalue weighted by Gasteiger charge is -2.12. The first-order valence-electron chi connectivity index (χ1n) is 7.67. The summed E-state index contributed by atoms with van der Waals surface area (Å²) < 4.78 is 3.33. The van der Waals surface area contributed by atoms with Crippen LogP contribution in [0.3, 0.4) is 0 Å². The van der Waals surface area contributed by atoms with E-state index in [-0.39, 0.29) is 0 Å². The van der Waals surface area contributed by atoms with Crippen LogP contribution < -0.4 is 0 Å². The Morgan fingerprint density at radius 2 is 1.74 bits per heavy atom. The largest absolute Gasteiger partial charge is 0.287 e. The van der Waals surface area contributed by atoms with Gasteiger partial charge in [-0.2, -0.15) is 0 Å². The Labute approximate surface area is 150 Å². The third-order valence-corrected chi connectivity index (χ3v) is 5.34. The third-order valence-electron chi connectivity index (χ3n) is 3.43. The summed E-state index contributed by atoms with van der Waals surface area (Å²) in [6.45, 7) is 4.47. The molecule has 118 valence electrons. The van der Waals surface area contributed by atoms with Crippen molar-refractivity contribution in [3.63, 3.8) is 0 Å². The minimum Gasteiger partial charge on any atom is -0.287 e. The summed E-state index contributed by atoms with van der Waals surface area (Å²) in [5.41, 5.74) is 3.44. The zero-order valence-corrected chi connectivity index (χ0v) is 15.6. The Morgan fingerprint density at radius 1 is 1.04 bits per heavy atom. The zero-order chi connectivity index (χ0) is 16.2. The van der Waals surface area contributed by atoms with E-state index < -0.39 is 0 Å². The van der Waals surface area contributed by atoms with Crippen molar-refractivity contribution in [1.82, 2.24) is 9.55 Å². The molecule has 4 heteroatoms. The van der Waals surface area contributed by atoms with Crippen LogP contribution in [0.2, 0.25) is 0 Å². The van der Waals surface area contributed by atoms with E-state index in [2.05, 4.69) is 87.9 Å². The maximum absolute atomic E-state index is 4.68. The van der Waals surface area contributed by atoms with Gasteiger partial charge in [0.1, 0.15) is 0 Å². The lowest BCUT2D eigenvalue weighted by atomic mass is 10.1. The van der Waals surface area contributed by atoms with Gasteiger partial charge in [-0.05, 0) is 30.2 Å². The molecule has 0 spiro atoms. The number of aromatic nitrogens is 2. The highest BCUT2D eigenvalue weighted by Crippen LogP contribution is 2.31. The van der Waals surface area contributed by atoms with Crippen molar-refractivity contribution in [2.24, 2.45) is 5.92 Å². The van der Waals surface area contributed by atoms with E-state index in [1.807, 2.05) is 24.0 Å². The van der Waals surface area contributed by atoms with Gasteiger partial charge in [0.15, 0.2) is 5.16 Å². The molecule has 0 amide bonds. The molecule has 0 aliphatic carbocycles. The number of rotatable bonds is 5. The summed E-state index contributed by atoms with van der Waals surface area (Å²) in [4.78, 5) is 4.68. The van der Waals surface area contributed by atoms with Gasteiger partial charge in [-0.25, -0.2) is 4.98 Å². The van der Waals surface area contributed by atoms with E-state index in [1.165, 1.54) is 5.56 Å². The second kappa shape index (κ2) is 7.37. The van der Waals surface area contributed by atoms with Crippen LogP contribution in [0.15, 0.2) is 70.4 Å². The fourth-order valence-electron chi connectivity index (χ4n) is 2.33. The predicted octanol–water partition coefficient (Wildman–Crippen LogP) is 6.05. The standard InChI is InChI=1S/C19H19BrN2S/c1-14(2)13-23-19-21-12-18(15-8-10-16(20)11-9-15)22(19)17-6-4-3-5-7-17/h3-12,14H,13H2,1-2H3. The van der Waals surface area contributed by atoms with Gasteiger partial charge in [-0.3, -0.25) is 4.57 Å². The molecule has 0 N–H and O–H groups in total. The maximum atomic E-state index is 4.68. The average Bonchev–Trinajstić information content (AvgIpc) is 2.98. The highest BCUT2D eigenvalue weighted by molar-refractivity contribution is 9.10. The normalized spacial score (nSPS) is 11.1. The van der Waals surface area contributed by atoms with Gasteiger partial charge in [-0.1, -0.05) is 71.9 Å². The SMILES string of the molecule is CC(C)CSc1ncc(-c2ccc(Br)cc2)n1-c1ccccc1. The molecule has 2 nitrogen and oxygen atoms in total. The first kappa shape index (κ1) is 16.3. The summed E-state index contributed by atoms with van der Waals surface area (Å²) in [5, 5.41) is 1.04. The van der Waals surface area contributed by atoms with Gasteiger partial charge in [0.25, 0.3) is 0 Å². The van der Waals surface area contributed by atoms with E-state index in [9.17, 15) is 0 Å². The Balaban J connectivity index is 2.07. The lowest BCUT2D eigenvalue weighted by Crippen LogP contribution is -2.00. The van der Waals surface area contributed by atoms with Gasteiger partial charge in [0.05, 0.1) is 11.9 Å². The van der Waals surface area contributed by atoms with Crippen LogP contribution in [0.25, 0.3) is 16.9 Å². The molecule has 3 rings (SSSR count). The maximum Gasteiger partial charge on any atom is 0.173 e. The smallest absolute Gasteiger partial charge is 0.173 e. The van der Waals surface area contributed by atoms with Crippen molar-refractivity contribution in [3.8, 4) is 16.9 Å². The quantitative estimate of drug-likeness (QED) is 0.496. The molecule has 1 heterocycles. The van der Waals surface area contributed by atoms with Crippen LogP contribution in [0.5, 0.6) is 0 Å². The monoisotopic (exact) mass is 386 g/mol. The molecule has 1 aromatic heterocycles.